The Morgan fingerprint density at radius 1 is 0.829 bits per heavy atom. The normalized spacial score (nSPS) is 12.0. The maximum absolute atomic E-state index is 14.0. The molecular formula is C31H39N3O6S. The van der Waals surface area contributed by atoms with Crippen molar-refractivity contribution >= 4 is 27.5 Å². The van der Waals surface area contributed by atoms with Gasteiger partial charge in [0, 0.05) is 13.1 Å². The van der Waals surface area contributed by atoms with Gasteiger partial charge in [0.2, 0.25) is 11.8 Å². The summed E-state index contributed by atoms with van der Waals surface area (Å²) in [5.41, 5.74) is 2.04. The monoisotopic (exact) mass is 581 g/mol. The van der Waals surface area contributed by atoms with E-state index >= 15 is 0 Å². The first-order valence-corrected chi connectivity index (χ1v) is 14.8. The van der Waals surface area contributed by atoms with E-state index < -0.39 is 28.5 Å². The molecule has 1 atom stereocenters. The van der Waals surface area contributed by atoms with Gasteiger partial charge in [-0.05, 0) is 73.9 Å². The van der Waals surface area contributed by atoms with E-state index in [-0.39, 0.29) is 23.3 Å². The highest BCUT2D eigenvalue weighted by molar-refractivity contribution is 7.92. The van der Waals surface area contributed by atoms with Gasteiger partial charge in [0.25, 0.3) is 10.0 Å². The third kappa shape index (κ3) is 8.23. The van der Waals surface area contributed by atoms with E-state index in [1.807, 2.05) is 32.9 Å². The predicted molar refractivity (Wildman–Crippen MR) is 160 cm³/mol. The lowest BCUT2D eigenvalue weighted by molar-refractivity contribution is -0.139. The molecule has 0 fully saturated rings. The number of nitrogens with one attached hydrogen (secondary N) is 1. The first-order chi connectivity index (χ1) is 19.5. The van der Waals surface area contributed by atoms with Gasteiger partial charge in [-0.1, -0.05) is 43.7 Å². The second kappa shape index (κ2) is 14.0. The molecule has 0 heterocycles. The lowest BCUT2D eigenvalue weighted by atomic mass is 10.1. The Balaban J connectivity index is 2.00. The number of amides is 2. The molecule has 0 spiro atoms. The van der Waals surface area contributed by atoms with Crippen LogP contribution in [0.25, 0.3) is 0 Å². The minimum absolute atomic E-state index is 0.0103. The summed E-state index contributed by atoms with van der Waals surface area (Å²) in [5, 5.41) is 2.88. The van der Waals surface area contributed by atoms with Crippen molar-refractivity contribution in [3.63, 3.8) is 0 Å². The van der Waals surface area contributed by atoms with Crippen LogP contribution in [-0.4, -0.2) is 58.5 Å². The zero-order valence-electron chi connectivity index (χ0n) is 24.5. The second-order valence-electron chi connectivity index (χ2n) is 10.2. The van der Waals surface area contributed by atoms with Crippen LogP contribution in [0.15, 0.2) is 77.7 Å². The standard InChI is InChI=1S/C31H39N3O6S/c1-22(2)19-32-31(36)24(4)33(20-25-9-13-27(39-5)14-10-25)30(35)21-34(26-11-7-23(3)8-12-26)41(37,38)29-17-15-28(40-6)16-18-29/h7-18,22,24H,19-21H2,1-6H3,(H,32,36)/t24-/m0/s1. The molecule has 9 nitrogen and oxygen atoms in total. The lowest BCUT2D eigenvalue weighted by Gasteiger charge is -2.32. The van der Waals surface area contributed by atoms with Gasteiger partial charge < -0.3 is 19.7 Å². The lowest BCUT2D eigenvalue weighted by Crippen LogP contribution is -2.51. The summed E-state index contributed by atoms with van der Waals surface area (Å²) >= 11 is 0. The van der Waals surface area contributed by atoms with Crippen molar-refractivity contribution < 1.29 is 27.5 Å². The van der Waals surface area contributed by atoms with Crippen LogP contribution in [0.4, 0.5) is 5.69 Å². The highest BCUT2D eigenvalue weighted by Crippen LogP contribution is 2.26. The zero-order chi connectivity index (χ0) is 30.2. The number of methoxy groups -OCH3 is 2. The first kappa shape index (κ1) is 31.5. The summed E-state index contributed by atoms with van der Waals surface area (Å²) in [5.74, 6) is 0.550. The fraction of sp³-hybridized carbons (Fsp3) is 0.355. The average Bonchev–Trinajstić information content (AvgIpc) is 2.97. The summed E-state index contributed by atoms with van der Waals surface area (Å²) in [7, 11) is -1.10. The number of nitrogens with zero attached hydrogens (tertiary/aromatic N) is 2. The van der Waals surface area contributed by atoms with E-state index in [4.69, 9.17) is 9.47 Å². The highest BCUT2D eigenvalue weighted by atomic mass is 32.2. The minimum Gasteiger partial charge on any atom is -0.497 e. The van der Waals surface area contributed by atoms with Crippen molar-refractivity contribution in [2.45, 2.75) is 45.2 Å². The van der Waals surface area contributed by atoms with Crippen LogP contribution >= 0.6 is 0 Å². The number of anilines is 1. The second-order valence-corrected chi connectivity index (χ2v) is 12.1. The van der Waals surface area contributed by atoms with Gasteiger partial charge in [-0.25, -0.2) is 8.42 Å². The molecule has 3 rings (SSSR count). The Hall–Kier alpha value is -4.05. The van der Waals surface area contributed by atoms with Crippen LogP contribution in [0.1, 0.15) is 31.9 Å². The van der Waals surface area contributed by atoms with E-state index in [0.717, 1.165) is 15.4 Å². The molecule has 10 heteroatoms. The van der Waals surface area contributed by atoms with Gasteiger partial charge in [0.05, 0.1) is 24.8 Å². The fourth-order valence-corrected chi connectivity index (χ4v) is 5.49. The van der Waals surface area contributed by atoms with Crippen molar-refractivity contribution in [3.8, 4) is 11.5 Å². The van der Waals surface area contributed by atoms with E-state index in [0.29, 0.717) is 23.7 Å². The summed E-state index contributed by atoms with van der Waals surface area (Å²) < 4.78 is 39.3. The summed E-state index contributed by atoms with van der Waals surface area (Å²) in [6.45, 7) is 7.55. The number of benzene rings is 3. The number of carbonyl (C=O) groups excluding carboxylic acids is 2. The van der Waals surface area contributed by atoms with Crippen molar-refractivity contribution in [1.82, 2.24) is 10.2 Å². The first-order valence-electron chi connectivity index (χ1n) is 13.4. The number of hydrogen-bond donors (Lipinski definition) is 1. The van der Waals surface area contributed by atoms with Crippen LogP contribution in [0.5, 0.6) is 11.5 Å². The Kier molecular flexibility index (Phi) is 10.8. The van der Waals surface area contributed by atoms with Crippen LogP contribution in [0.3, 0.4) is 0 Å². The Labute approximate surface area is 243 Å². The number of hydrogen-bond acceptors (Lipinski definition) is 6. The molecule has 0 saturated heterocycles. The van der Waals surface area contributed by atoms with Crippen molar-refractivity contribution in [3.05, 3.63) is 83.9 Å². The maximum Gasteiger partial charge on any atom is 0.264 e. The molecule has 0 bridgehead atoms. The Bertz CT molecular complexity index is 1410. The van der Waals surface area contributed by atoms with Crippen molar-refractivity contribution in [2.24, 2.45) is 5.92 Å². The molecule has 220 valence electrons. The summed E-state index contributed by atoms with van der Waals surface area (Å²) in [4.78, 5) is 28.5. The molecule has 0 radical (unpaired) electrons. The smallest absolute Gasteiger partial charge is 0.264 e. The maximum atomic E-state index is 14.0. The molecule has 0 aliphatic rings. The number of ether oxygens (including phenoxy) is 2. The van der Waals surface area contributed by atoms with Crippen LogP contribution in [0, 0.1) is 12.8 Å². The minimum atomic E-state index is -4.16. The molecule has 0 unspecified atom stereocenters. The largest absolute Gasteiger partial charge is 0.497 e. The quantitative estimate of drug-likeness (QED) is 0.321. The number of sulfonamides is 1. The molecular weight excluding hydrogens is 542 g/mol. The van der Waals surface area contributed by atoms with Crippen LogP contribution in [0.2, 0.25) is 0 Å². The summed E-state index contributed by atoms with van der Waals surface area (Å²) in [6, 6.07) is 19.2. The Morgan fingerprint density at radius 3 is 1.88 bits per heavy atom. The average molecular weight is 582 g/mol. The van der Waals surface area contributed by atoms with Crippen LogP contribution < -0.4 is 19.1 Å². The SMILES string of the molecule is COc1ccc(CN(C(=O)CN(c2ccc(C)cc2)S(=O)(=O)c2ccc(OC)cc2)[C@@H](C)C(=O)NCC(C)C)cc1. The molecule has 0 aliphatic heterocycles. The van der Waals surface area contributed by atoms with E-state index in [2.05, 4.69) is 5.32 Å². The number of aryl methyl sites for hydroxylation is 1. The molecule has 41 heavy (non-hydrogen) atoms. The third-order valence-corrected chi connectivity index (χ3v) is 8.40. The topological polar surface area (TPSA) is 105 Å². The van der Waals surface area contributed by atoms with E-state index in [1.54, 1.807) is 62.6 Å². The molecule has 0 aromatic heterocycles. The van der Waals surface area contributed by atoms with Gasteiger partial charge in [-0.15, -0.1) is 0 Å². The number of rotatable bonds is 13. The molecule has 3 aromatic carbocycles. The van der Waals surface area contributed by atoms with Gasteiger partial charge >= 0.3 is 0 Å². The van der Waals surface area contributed by atoms with E-state index in [9.17, 15) is 18.0 Å². The van der Waals surface area contributed by atoms with Gasteiger partial charge in [-0.3, -0.25) is 13.9 Å². The molecule has 3 aromatic rings. The zero-order valence-corrected chi connectivity index (χ0v) is 25.3. The van der Waals surface area contributed by atoms with Gasteiger partial charge in [-0.2, -0.15) is 0 Å². The molecule has 0 saturated carbocycles. The number of carbonyl (C=O) groups is 2. The van der Waals surface area contributed by atoms with Crippen molar-refractivity contribution in [2.75, 3.05) is 31.6 Å². The molecule has 0 aliphatic carbocycles. The Morgan fingerprint density at radius 2 is 1.37 bits per heavy atom. The van der Waals surface area contributed by atoms with Crippen molar-refractivity contribution in [1.29, 1.82) is 0 Å². The van der Waals surface area contributed by atoms with Crippen LogP contribution in [-0.2, 0) is 26.2 Å². The fourth-order valence-electron chi connectivity index (χ4n) is 4.08. The summed E-state index contributed by atoms with van der Waals surface area (Å²) in [6.07, 6.45) is 0. The third-order valence-electron chi connectivity index (χ3n) is 6.61. The van der Waals surface area contributed by atoms with Gasteiger partial charge in [0.1, 0.15) is 24.1 Å². The molecule has 1 N–H and O–H groups in total. The predicted octanol–water partition coefficient (Wildman–Crippen LogP) is 4.40. The molecule has 2 amide bonds. The van der Waals surface area contributed by atoms with E-state index in [1.165, 1.54) is 24.1 Å². The highest BCUT2D eigenvalue weighted by Gasteiger charge is 2.32. The van der Waals surface area contributed by atoms with Gasteiger partial charge in [0.15, 0.2) is 0 Å².